The summed E-state index contributed by atoms with van der Waals surface area (Å²) in [5, 5.41) is 4.34. The number of benzene rings is 1. The van der Waals surface area contributed by atoms with Crippen molar-refractivity contribution < 1.29 is 0 Å². The van der Waals surface area contributed by atoms with Gasteiger partial charge in [0, 0.05) is 35.9 Å². The van der Waals surface area contributed by atoms with Gasteiger partial charge in [0.1, 0.15) is 0 Å². The second-order valence-corrected chi connectivity index (χ2v) is 7.34. The molecule has 0 bridgehead atoms. The lowest BCUT2D eigenvalue weighted by molar-refractivity contribution is 0.424. The molecule has 0 spiro atoms. The highest BCUT2D eigenvalue weighted by molar-refractivity contribution is 6.31. The first-order valence-electron chi connectivity index (χ1n) is 8.05. The predicted octanol–water partition coefficient (Wildman–Crippen LogP) is 5.10. The van der Waals surface area contributed by atoms with Gasteiger partial charge >= 0.3 is 0 Å². The molecular formula is C18H31ClN2. The van der Waals surface area contributed by atoms with Crippen molar-refractivity contribution in [3.05, 3.63) is 28.8 Å². The molecule has 2 nitrogen and oxygen atoms in total. The first-order chi connectivity index (χ1) is 9.76. The third-order valence-electron chi connectivity index (χ3n) is 3.82. The Labute approximate surface area is 135 Å². The van der Waals surface area contributed by atoms with Crippen LogP contribution in [0.15, 0.2) is 18.2 Å². The quantitative estimate of drug-likeness (QED) is 0.753. The van der Waals surface area contributed by atoms with Gasteiger partial charge in [-0.3, -0.25) is 0 Å². The topological polar surface area (TPSA) is 15.3 Å². The van der Waals surface area contributed by atoms with Crippen LogP contribution in [-0.4, -0.2) is 18.6 Å². The summed E-state index contributed by atoms with van der Waals surface area (Å²) in [7, 11) is 0. The van der Waals surface area contributed by atoms with Gasteiger partial charge in [0.2, 0.25) is 0 Å². The van der Waals surface area contributed by atoms with Gasteiger partial charge < -0.3 is 10.2 Å². The molecule has 120 valence electrons. The van der Waals surface area contributed by atoms with Gasteiger partial charge in [0.05, 0.1) is 0 Å². The normalized spacial score (nSPS) is 13.3. The Hall–Kier alpha value is -0.730. The highest BCUT2D eigenvalue weighted by Gasteiger charge is 2.12. The van der Waals surface area contributed by atoms with Crippen LogP contribution in [0.3, 0.4) is 0 Å². The molecule has 1 atom stereocenters. The van der Waals surface area contributed by atoms with Crippen LogP contribution in [0.5, 0.6) is 0 Å². The highest BCUT2D eigenvalue weighted by Crippen LogP contribution is 2.25. The van der Waals surface area contributed by atoms with Gasteiger partial charge in [-0.05, 0) is 51.3 Å². The summed E-state index contributed by atoms with van der Waals surface area (Å²) in [5.74, 6) is 0.700. The maximum absolute atomic E-state index is 6.46. The molecule has 1 unspecified atom stereocenters. The van der Waals surface area contributed by atoms with Crippen molar-refractivity contribution in [2.75, 3.05) is 18.0 Å². The zero-order chi connectivity index (χ0) is 16.0. The van der Waals surface area contributed by atoms with E-state index < -0.39 is 0 Å². The molecule has 0 aliphatic carbocycles. The number of hydrogen-bond acceptors (Lipinski definition) is 2. The van der Waals surface area contributed by atoms with Crippen molar-refractivity contribution in [1.82, 2.24) is 5.32 Å². The molecular weight excluding hydrogens is 280 g/mol. The second kappa shape index (κ2) is 8.05. The average Bonchev–Trinajstić information content (AvgIpc) is 2.42. The van der Waals surface area contributed by atoms with E-state index in [9.17, 15) is 0 Å². The van der Waals surface area contributed by atoms with Crippen LogP contribution >= 0.6 is 11.6 Å². The van der Waals surface area contributed by atoms with E-state index in [4.69, 9.17) is 11.6 Å². The maximum Gasteiger partial charge on any atom is 0.0471 e. The standard InChI is InChI=1S/C18H31ClN2/c1-7-14(3)13-21(8-2)16-10-9-15(17(19)11-16)12-20-18(4,5)6/h9-11,14,20H,7-8,12-13H2,1-6H3. The van der Waals surface area contributed by atoms with Crippen molar-refractivity contribution in [2.24, 2.45) is 5.92 Å². The number of halogens is 1. The largest absolute Gasteiger partial charge is 0.372 e. The molecule has 1 aromatic rings. The Kier molecular flexibility index (Phi) is 7.02. The molecule has 1 rings (SSSR count). The summed E-state index contributed by atoms with van der Waals surface area (Å²) in [6.07, 6.45) is 1.21. The lowest BCUT2D eigenvalue weighted by Gasteiger charge is -2.27. The maximum atomic E-state index is 6.46. The van der Waals surface area contributed by atoms with Gasteiger partial charge in [-0.2, -0.15) is 0 Å². The molecule has 21 heavy (non-hydrogen) atoms. The van der Waals surface area contributed by atoms with Crippen LogP contribution in [0.2, 0.25) is 5.02 Å². The molecule has 1 N–H and O–H groups in total. The van der Waals surface area contributed by atoms with Gasteiger partial charge in [-0.25, -0.2) is 0 Å². The van der Waals surface area contributed by atoms with E-state index in [1.807, 2.05) is 0 Å². The fourth-order valence-corrected chi connectivity index (χ4v) is 2.40. The zero-order valence-electron chi connectivity index (χ0n) is 14.5. The molecule has 0 heterocycles. The molecule has 1 aromatic carbocycles. The Bertz CT molecular complexity index is 437. The molecule has 0 saturated carbocycles. The third kappa shape index (κ3) is 6.27. The van der Waals surface area contributed by atoms with Crippen LogP contribution < -0.4 is 10.2 Å². The van der Waals surface area contributed by atoms with E-state index in [2.05, 4.69) is 70.0 Å². The summed E-state index contributed by atoms with van der Waals surface area (Å²) in [4.78, 5) is 2.40. The number of nitrogens with zero attached hydrogens (tertiary/aromatic N) is 1. The van der Waals surface area contributed by atoms with Crippen molar-refractivity contribution in [1.29, 1.82) is 0 Å². The summed E-state index contributed by atoms with van der Waals surface area (Å²) in [5.41, 5.74) is 2.49. The van der Waals surface area contributed by atoms with Crippen molar-refractivity contribution in [3.63, 3.8) is 0 Å². The lowest BCUT2D eigenvalue weighted by Crippen LogP contribution is -2.35. The minimum atomic E-state index is 0.105. The summed E-state index contributed by atoms with van der Waals surface area (Å²) in [6.45, 7) is 16.1. The minimum Gasteiger partial charge on any atom is -0.372 e. The molecule has 0 aromatic heterocycles. The number of anilines is 1. The summed E-state index contributed by atoms with van der Waals surface area (Å²) >= 11 is 6.46. The Morgan fingerprint density at radius 3 is 2.38 bits per heavy atom. The monoisotopic (exact) mass is 310 g/mol. The lowest BCUT2D eigenvalue weighted by atomic mass is 10.1. The van der Waals surface area contributed by atoms with Gasteiger partial charge in [0.15, 0.2) is 0 Å². The third-order valence-corrected chi connectivity index (χ3v) is 4.17. The van der Waals surface area contributed by atoms with Gasteiger partial charge in [-0.1, -0.05) is 37.9 Å². The Balaban J connectivity index is 2.80. The number of hydrogen-bond donors (Lipinski definition) is 1. The van der Waals surface area contributed by atoms with Crippen LogP contribution in [0, 0.1) is 5.92 Å². The zero-order valence-corrected chi connectivity index (χ0v) is 15.2. The van der Waals surface area contributed by atoms with E-state index in [1.165, 1.54) is 12.1 Å². The molecule has 0 aliphatic rings. The molecule has 0 fully saturated rings. The van der Waals surface area contributed by atoms with E-state index in [1.54, 1.807) is 0 Å². The SMILES string of the molecule is CCC(C)CN(CC)c1ccc(CNC(C)(C)C)c(Cl)c1. The molecule has 0 radical (unpaired) electrons. The van der Waals surface area contributed by atoms with E-state index in [0.717, 1.165) is 30.2 Å². The van der Waals surface area contributed by atoms with Gasteiger partial charge in [-0.15, -0.1) is 0 Å². The van der Waals surface area contributed by atoms with Crippen molar-refractivity contribution in [3.8, 4) is 0 Å². The van der Waals surface area contributed by atoms with Crippen LogP contribution in [-0.2, 0) is 6.54 Å². The average molecular weight is 311 g/mol. The number of nitrogens with one attached hydrogen (secondary N) is 1. The smallest absolute Gasteiger partial charge is 0.0471 e. The van der Waals surface area contributed by atoms with E-state index in [0.29, 0.717) is 5.92 Å². The van der Waals surface area contributed by atoms with Crippen molar-refractivity contribution >= 4 is 17.3 Å². The van der Waals surface area contributed by atoms with E-state index >= 15 is 0 Å². The molecule has 0 saturated heterocycles. The first kappa shape index (κ1) is 18.3. The highest BCUT2D eigenvalue weighted by atomic mass is 35.5. The van der Waals surface area contributed by atoms with Crippen molar-refractivity contribution in [2.45, 2.75) is 60.0 Å². The fourth-order valence-electron chi connectivity index (χ4n) is 2.16. The van der Waals surface area contributed by atoms with Crippen LogP contribution in [0.1, 0.15) is 53.5 Å². The predicted molar refractivity (Wildman–Crippen MR) is 95.4 cm³/mol. The second-order valence-electron chi connectivity index (χ2n) is 6.93. The summed E-state index contributed by atoms with van der Waals surface area (Å²) in [6, 6.07) is 6.44. The van der Waals surface area contributed by atoms with Gasteiger partial charge in [0.25, 0.3) is 0 Å². The number of rotatable bonds is 7. The fraction of sp³-hybridized carbons (Fsp3) is 0.667. The Morgan fingerprint density at radius 1 is 1.24 bits per heavy atom. The summed E-state index contributed by atoms with van der Waals surface area (Å²) < 4.78 is 0. The molecule has 0 amide bonds. The van der Waals surface area contributed by atoms with E-state index in [-0.39, 0.29) is 5.54 Å². The first-order valence-corrected chi connectivity index (χ1v) is 8.43. The van der Waals surface area contributed by atoms with Crippen LogP contribution in [0.25, 0.3) is 0 Å². The Morgan fingerprint density at radius 2 is 1.90 bits per heavy atom. The molecule has 3 heteroatoms. The molecule has 0 aliphatic heterocycles. The minimum absolute atomic E-state index is 0.105. The van der Waals surface area contributed by atoms with Crippen LogP contribution in [0.4, 0.5) is 5.69 Å².